The van der Waals surface area contributed by atoms with Gasteiger partial charge in [-0.3, -0.25) is 14.6 Å². The summed E-state index contributed by atoms with van der Waals surface area (Å²) in [6.07, 6.45) is 7.08. The maximum atomic E-state index is 13.6. The lowest BCUT2D eigenvalue weighted by Crippen LogP contribution is -2.46. The first-order valence-corrected chi connectivity index (χ1v) is 14.3. The predicted octanol–water partition coefficient (Wildman–Crippen LogP) is 4.75. The number of pyridine rings is 1. The third kappa shape index (κ3) is 6.60. The van der Waals surface area contributed by atoms with E-state index in [0.717, 1.165) is 55.5 Å². The van der Waals surface area contributed by atoms with Crippen molar-refractivity contribution >= 4 is 17.5 Å². The quantitative estimate of drug-likeness (QED) is 0.277. The number of aromatic nitrogens is 1. The summed E-state index contributed by atoms with van der Waals surface area (Å²) in [5.74, 6) is -0.575. The Morgan fingerprint density at radius 2 is 1.55 bits per heavy atom. The third-order valence-corrected chi connectivity index (χ3v) is 8.09. The highest BCUT2D eigenvalue weighted by atomic mass is 16.3. The molecule has 0 radical (unpaired) electrons. The van der Waals surface area contributed by atoms with E-state index >= 15 is 0 Å². The minimum absolute atomic E-state index is 0.0318. The molecule has 4 N–H and O–H groups in total. The number of amides is 2. The molecule has 3 aromatic rings. The first-order valence-electron chi connectivity index (χ1n) is 14.3. The van der Waals surface area contributed by atoms with Crippen LogP contribution in [0.15, 0.2) is 67.0 Å². The molecule has 0 unspecified atom stereocenters. The van der Waals surface area contributed by atoms with E-state index in [9.17, 15) is 14.7 Å². The number of nitrogens with one attached hydrogen (secondary N) is 3. The summed E-state index contributed by atoms with van der Waals surface area (Å²) < 4.78 is 0. The van der Waals surface area contributed by atoms with E-state index in [1.165, 1.54) is 0 Å². The van der Waals surface area contributed by atoms with Crippen LogP contribution in [0.4, 0.5) is 5.69 Å². The Morgan fingerprint density at radius 1 is 0.975 bits per heavy atom. The van der Waals surface area contributed by atoms with E-state index in [0.29, 0.717) is 23.4 Å². The van der Waals surface area contributed by atoms with Crippen LogP contribution in [0.2, 0.25) is 0 Å². The van der Waals surface area contributed by atoms with Gasteiger partial charge in [0.15, 0.2) is 5.60 Å². The fourth-order valence-electron chi connectivity index (χ4n) is 5.45. The molecule has 2 amide bonds. The predicted molar refractivity (Wildman–Crippen MR) is 159 cm³/mol. The third-order valence-electron chi connectivity index (χ3n) is 8.09. The van der Waals surface area contributed by atoms with Crippen LogP contribution in [0.25, 0.3) is 0 Å². The van der Waals surface area contributed by atoms with Crippen LogP contribution in [-0.4, -0.2) is 41.5 Å². The summed E-state index contributed by atoms with van der Waals surface area (Å²) in [4.78, 5) is 30.3. The van der Waals surface area contributed by atoms with Gasteiger partial charge in [0.1, 0.15) is 0 Å². The molecule has 40 heavy (non-hydrogen) atoms. The van der Waals surface area contributed by atoms with Gasteiger partial charge in [0, 0.05) is 18.7 Å². The monoisotopic (exact) mass is 542 g/mol. The average molecular weight is 543 g/mol. The van der Waals surface area contributed by atoms with Crippen molar-refractivity contribution in [3.8, 4) is 0 Å². The van der Waals surface area contributed by atoms with Gasteiger partial charge in [0.2, 0.25) is 5.91 Å². The SMILES string of the molecule is Cc1ccc(C(O)(C(=O)NCCCC2(c3cncc(NC(=O)C(C)C)c3)CCNCC2)c2ccc(C)cc2)cc1. The Balaban J connectivity index is 1.49. The number of aryl methyl sites for hydroxylation is 2. The Hall–Kier alpha value is -3.55. The van der Waals surface area contributed by atoms with Crippen LogP contribution in [-0.2, 0) is 20.6 Å². The summed E-state index contributed by atoms with van der Waals surface area (Å²) in [6, 6.07) is 17.0. The molecule has 7 heteroatoms. The van der Waals surface area contributed by atoms with Gasteiger partial charge in [-0.15, -0.1) is 0 Å². The van der Waals surface area contributed by atoms with Crippen molar-refractivity contribution in [1.29, 1.82) is 0 Å². The molecule has 0 aliphatic carbocycles. The second kappa shape index (κ2) is 12.7. The summed E-state index contributed by atoms with van der Waals surface area (Å²) >= 11 is 0. The molecule has 1 aliphatic rings. The van der Waals surface area contributed by atoms with E-state index in [4.69, 9.17) is 0 Å². The molecule has 212 valence electrons. The summed E-state index contributed by atoms with van der Waals surface area (Å²) in [7, 11) is 0. The smallest absolute Gasteiger partial charge is 0.261 e. The lowest BCUT2D eigenvalue weighted by molar-refractivity contribution is -0.136. The Bertz CT molecular complexity index is 1250. The number of carbonyl (C=O) groups is 2. The standard InChI is InChI=1S/C33H42N4O3/c1-23(2)30(38)37-29-20-28(21-35-22-29)32(15-18-34-19-16-32)14-5-17-36-31(39)33(40,26-10-6-24(3)7-11-26)27-12-8-25(4)9-13-27/h6-13,20-23,34,40H,5,14-19H2,1-4H3,(H,36,39)(H,37,38). The molecule has 1 saturated heterocycles. The van der Waals surface area contributed by atoms with Crippen molar-refractivity contribution in [2.24, 2.45) is 5.92 Å². The molecule has 1 fully saturated rings. The van der Waals surface area contributed by atoms with Crippen molar-refractivity contribution in [3.05, 3.63) is 94.8 Å². The molecule has 0 bridgehead atoms. The van der Waals surface area contributed by atoms with Gasteiger partial charge in [0.05, 0.1) is 11.9 Å². The van der Waals surface area contributed by atoms with Gasteiger partial charge in [-0.05, 0) is 80.8 Å². The highest BCUT2D eigenvalue weighted by Crippen LogP contribution is 2.38. The summed E-state index contributed by atoms with van der Waals surface area (Å²) in [5.41, 5.74) is 3.13. The Morgan fingerprint density at radius 3 is 2.10 bits per heavy atom. The number of piperidine rings is 1. The molecule has 1 aliphatic heterocycles. The number of benzene rings is 2. The fourth-order valence-corrected chi connectivity index (χ4v) is 5.45. The average Bonchev–Trinajstić information content (AvgIpc) is 2.96. The lowest BCUT2D eigenvalue weighted by atomic mass is 9.70. The van der Waals surface area contributed by atoms with Crippen LogP contribution in [0.3, 0.4) is 0 Å². The maximum Gasteiger partial charge on any atom is 0.261 e. The lowest BCUT2D eigenvalue weighted by Gasteiger charge is -2.38. The zero-order chi connectivity index (χ0) is 28.8. The molecule has 0 spiro atoms. The van der Waals surface area contributed by atoms with Gasteiger partial charge in [0.25, 0.3) is 5.91 Å². The van der Waals surface area contributed by atoms with E-state index in [1.54, 1.807) is 6.20 Å². The van der Waals surface area contributed by atoms with E-state index in [-0.39, 0.29) is 17.2 Å². The van der Waals surface area contributed by atoms with Gasteiger partial charge < -0.3 is 21.1 Å². The molecule has 4 rings (SSSR count). The molecule has 7 nitrogen and oxygen atoms in total. The molecule has 1 aromatic heterocycles. The van der Waals surface area contributed by atoms with E-state index in [2.05, 4.69) is 20.9 Å². The van der Waals surface area contributed by atoms with Crippen molar-refractivity contribution in [3.63, 3.8) is 0 Å². The number of carbonyl (C=O) groups excluding carboxylic acids is 2. The number of nitrogens with zero attached hydrogens (tertiary/aromatic N) is 1. The number of hydrogen-bond acceptors (Lipinski definition) is 5. The van der Waals surface area contributed by atoms with Gasteiger partial charge in [-0.25, -0.2) is 0 Å². The first-order chi connectivity index (χ1) is 19.1. The fraction of sp³-hybridized carbons (Fsp3) is 0.424. The molecule has 2 heterocycles. The zero-order valence-electron chi connectivity index (χ0n) is 24.1. The first kappa shape index (κ1) is 29.4. The van der Waals surface area contributed by atoms with Crippen molar-refractivity contribution in [2.45, 2.75) is 64.4 Å². The van der Waals surface area contributed by atoms with Crippen LogP contribution >= 0.6 is 0 Å². The summed E-state index contributed by atoms with van der Waals surface area (Å²) in [5, 5.41) is 21.3. The number of rotatable bonds is 10. The molecular formula is C33H42N4O3. The number of aliphatic hydroxyl groups is 1. The Labute approximate surface area is 237 Å². The molecule has 2 aromatic carbocycles. The van der Waals surface area contributed by atoms with Crippen LogP contribution in [0, 0.1) is 19.8 Å². The highest BCUT2D eigenvalue weighted by molar-refractivity contribution is 5.92. The zero-order valence-corrected chi connectivity index (χ0v) is 24.1. The van der Waals surface area contributed by atoms with Crippen molar-refractivity contribution in [1.82, 2.24) is 15.6 Å². The van der Waals surface area contributed by atoms with Gasteiger partial charge in [-0.1, -0.05) is 73.5 Å². The van der Waals surface area contributed by atoms with Crippen LogP contribution in [0.1, 0.15) is 67.3 Å². The molecule has 0 saturated carbocycles. The van der Waals surface area contributed by atoms with E-state index in [1.807, 2.05) is 88.5 Å². The largest absolute Gasteiger partial charge is 0.372 e. The number of hydrogen-bond donors (Lipinski definition) is 4. The highest BCUT2D eigenvalue weighted by Gasteiger charge is 2.40. The molecular weight excluding hydrogens is 500 g/mol. The van der Waals surface area contributed by atoms with Gasteiger partial charge in [-0.2, -0.15) is 0 Å². The van der Waals surface area contributed by atoms with Gasteiger partial charge >= 0.3 is 0 Å². The maximum absolute atomic E-state index is 13.6. The minimum Gasteiger partial charge on any atom is -0.372 e. The van der Waals surface area contributed by atoms with E-state index < -0.39 is 11.5 Å². The van der Waals surface area contributed by atoms with Crippen LogP contribution in [0.5, 0.6) is 0 Å². The second-order valence-corrected chi connectivity index (χ2v) is 11.4. The van der Waals surface area contributed by atoms with Crippen molar-refractivity contribution < 1.29 is 14.7 Å². The Kier molecular flexibility index (Phi) is 9.38. The number of anilines is 1. The topological polar surface area (TPSA) is 103 Å². The minimum atomic E-state index is -1.79. The normalized spacial score (nSPS) is 15.1. The second-order valence-electron chi connectivity index (χ2n) is 11.4. The van der Waals surface area contributed by atoms with Crippen molar-refractivity contribution in [2.75, 3.05) is 25.0 Å². The summed E-state index contributed by atoms with van der Waals surface area (Å²) in [6.45, 7) is 9.93. The van der Waals surface area contributed by atoms with Crippen LogP contribution < -0.4 is 16.0 Å². The molecule has 0 atom stereocenters.